The van der Waals surface area contributed by atoms with Crippen LogP contribution in [0.5, 0.6) is 0 Å². The minimum absolute atomic E-state index is 0.161. The van der Waals surface area contributed by atoms with Gasteiger partial charge in [0.05, 0.1) is 6.07 Å². The average Bonchev–Trinajstić information content (AvgIpc) is 2.24. The lowest BCUT2D eigenvalue weighted by atomic mass is 10.0. The molecule has 1 amide bonds. The third-order valence-corrected chi connectivity index (χ3v) is 3.13. The van der Waals surface area contributed by atoms with Crippen LogP contribution in [-0.2, 0) is 9.22 Å². The molecule has 2 atom stereocenters. The van der Waals surface area contributed by atoms with Crippen molar-refractivity contribution in [2.75, 3.05) is 0 Å². The Morgan fingerprint density at radius 1 is 1.64 bits per heavy atom. The summed E-state index contributed by atoms with van der Waals surface area (Å²) in [5.41, 5.74) is -0.801. The number of hydrogen-bond acceptors (Lipinski definition) is 3. The summed E-state index contributed by atoms with van der Waals surface area (Å²) in [6.45, 7) is 7.86. The van der Waals surface area contributed by atoms with Gasteiger partial charge in [0, 0.05) is 6.42 Å². The highest BCUT2D eigenvalue weighted by molar-refractivity contribution is 6.70. The molecule has 1 N–H and O–H groups in total. The molecule has 1 fully saturated rings. The first-order chi connectivity index (χ1) is 6.27. The molecule has 1 saturated heterocycles. The maximum absolute atomic E-state index is 11.6. The molecule has 4 nitrogen and oxygen atoms in total. The number of rotatable bonds is 2. The van der Waals surface area contributed by atoms with Crippen molar-refractivity contribution in [1.82, 2.24) is 5.32 Å². The van der Waals surface area contributed by atoms with E-state index in [1.165, 1.54) is 0 Å². The van der Waals surface area contributed by atoms with Gasteiger partial charge in [0.25, 0.3) is 5.91 Å². The molecular formula is C9H16N2O2Si. The summed E-state index contributed by atoms with van der Waals surface area (Å²) in [6.07, 6.45) is 0.451. The molecule has 0 unspecified atom stereocenters. The molecule has 1 heterocycles. The molecule has 0 aromatic rings. The molecule has 14 heavy (non-hydrogen) atoms. The van der Waals surface area contributed by atoms with Gasteiger partial charge in [-0.1, -0.05) is 0 Å². The predicted molar refractivity (Wildman–Crippen MR) is 55.0 cm³/mol. The van der Waals surface area contributed by atoms with Crippen LogP contribution in [0.25, 0.3) is 0 Å². The van der Waals surface area contributed by atoms with Crippen molar-refractivity contribution >= 4 is 14.2 Å². The minimum atomic E-state index is -1.75. The quantitative estimate of drug-likeness (QED) is 0.695. The van der Waals surface area contributed by atoms with Gasteiger partial charge in [-0.05, 0) is 26.6 Å². The fourth-order valence-electron chi connectivity index (χ4n) is 1.69. The Balaban J connectivity index is 2.77. The molecule has 1 aliphatic rings. The van der Waals surface area contributed by atoms with Crippen LogP contribution in [0.2, 0.25) is 19.6 Å². The van der Waals surface area contributed by atoms with Crippen molar-refractivity contribution in [2.45, 2.75) is 44.6 Å². The second kappa shape index (κ2) is 3.37. The topological polar surface area (TPSA) is 62.1 Å². The molecule has 0 saturated carbocycles. The third kappa shape index (κ3) is 2.34. The normalized spacial score (nSPS) is 32.5. The van der Waals surface area contributed by atoms with E-state index in [1.807, 2.05) is 25.7 Å². The molecule has 0 aliphatic carbocycles. The second-order valence-corrected chi connectivity index (χ2v) is 9.23. The monoisotopic (exact) mass is 212 g/mol. The highest BCUT2D eigenvalue weighted by Gasteiger charge is 2.46. The summed E-state index contributed by atoms with van der Waals surface area (Å²) in [5.74, 6) is -0.161. The molecule has 0 aromatic heterocycles. The Labute approximate surface area is 85.4 Å². The Bertz CT molecular complexity index is 292. The maximum atomic E-state index is 11.6. The highest BCUT2D eigenvalue weighted by atomic mass is 28.4. The van der Waals surface area contributed by atoms with Gasteiger partial charge in [0.1, 0.15) is 11.6 Å². The number of carbonyl (C=O) groups is 1. The molecule has 78 valence electrons. The molecule has 1 aliphatic heterocycles. The number of nitriles is 1. The van der Waals surface area contributed by atoms with E-state index in [0.717, 1.165) is 0 Å². The van der Waals surface area contributed by atoms with E-state index < -0.39 is 20.0 Å². The largest absolute Gasteiger partial charge is 0.403 e. The number of carbonyl (C=O) groups excluding carboxylic acids is 1. The summed E-state index contributed by atoms with van der Waals surface area (Å²) >= 11 is 0. The Morgan fingerprint density at radius 3 is 2.57 bits per heavy atom. The van der Waals surface area contributed by atoms with E-state index in [2.05, 4.69) is 5.32 Å². The smallest absolute Gasteiger partial charge is 0.251 e. The van der Waals surface area contributed by atoms with Crippen molar-refractivity contribution in [2.24, 2.45) is 0 Å². The van der Waals surface area contributed by atoms with Gasteiger partial charge >= 0.3 is 0 Å². The van der Waals surface area contributed by atoms with Gasteiger partial charge in [-0.2, -0.15) is 5.26 Å². The van der Waals surface area contributed by atoms with Crippen LogP contribution in [0.4, 0.5) is 0 Å². The highest BCUT2D eigenvalue weighted by Crippen LogP contribution is 2.27. The second-order valence-electron chi connectivity index (χ2n) is 4.80. The first-order valence-electron chi connectivity index (χ1n) is 4.68. The molecule has 0 radical (unpaired) electrons. The van der Waals surface area contributed by atoms with Crippen molar-refractivity contribution in [1.29, 1.82) is 5.26 Å². The Morgan fingerprint density at radius 2 is 2.21 bits per heavy atom. The van der Waals surface area contributed by atoms with E-state index in [4.69, 9.17) is 9.69 Å². The first-order valence-corrected chi connectivity index (χ1v) is 8.08. The fraction of sp³-hybridized carbons (Fsp3) is 0.778. The van der Waals surface area contributed by atoms with Gasteiger partial charge < -0.3 is 9.74 Å². The number of nitrogens with zero attached hydrogens (tertiary/aromatic N) is 1. The van der Waals surface area contributed by atoms with Gasteiger partial charge in [-0.25, -0.2) is 0 Å². The van der Waals surface area contributed by atoms with E-state index in [-0.39, 0.29) is 5.91 Å². The van der Waals surface area contributed by atoms with E-state index in [1.54, 1.807) is 6.92 Å². The molecule has 1 rings (SSSR count). The summed E-state index contributed by atoms with van der Waals surface area (Å²) in [6, 6.07) is 1.64. The SMILES string of the molecule is C[C@@]1(O[Si](C)(C)C)C[C@@H](C#N)NC1=O. The van der Waals surface area contributed by atoms with E-state index >= 15 is 0 Å². The van der Waals surface area contributed by atoms with Gasteiger partial charge in [-0.15, -0.1) is 0 Å². The van der Waals surface area contributed by atoms with E-state index in [0.29, 0.717) is 6.42 Å². The van der Waals surface area contributed by atoms with Gasteiger partial charge in [-0.3, -0.25) is 4.79 Å². The average molecular weight is 212 g/mol. The van der Waals surface area contributed by atoms with Crippen LogP contribution in [0, 0.1) is 11.3 Å². The van der Waals surface area contributed by atoms with Crippen molar-refractivity contribution < 1.29 is 9.22 Å². The van der Waals surface area contributed by atoms with Crippen LogP contribution < -0.4 is 5.32 Å². The summed E-state index contributed by atoms with van der Waals surface area (Å²) in [5, 5.41) is 11.3. The zero-order chi connectivity index (χ0) is 11.0. The van der Waals surface area contributed by atoms with Crippen LogP contribution >= 0.6 is 0 Å². The summed E-state index contributed by atoms with van der Waals surface area (Å²) in [4.78, 5) is 11.6. The molecule has 0 aromatic carbocycles. The van der Waals surface area contributed by atoms with Crippen LogP contribution in [0.15, 0.2) is 0 Å². The molecule has 5 heteroatoms. The van der Waals surface area contributed by atoms with Crippen molar-refractivity contribution in [3.63, 3.8) is 0 Å². The molecular weight excluding hydrogens is 196 g/mol. The van der Waals surface area contributed by atoms with Gasteiger partial charge in [0.15, 0.2) is 8.32 Å². The zero-order valence-electron chi connectivity index (χ0n) is 9.05. The number of amides is 1. The van der Waals surface area contributed by atoms with Crippen LogP contribution in [0.3, 0.4) is 0 Å². The van der Waals surface area contributed by atoms with E-state index in [9.17, 15) is 4.79 Å². The predicted octanol–water partition coefficient (Wildman–Crippen LogP) is 1.01. The molecule has 0 bridgehead atoms. The van der Waals surface area contributed by atoms with Crippen molar-refractivity contribution in [3.05, 3.63) is 0 Å². The lowest BCUT2D eigenvalue weighted by Gasteiger charge is -2.30. The number of hydrogen-bond donors (Lipinski definition) is 1. The summed E-state index contributed by atoms with van der Waals surface area (Å²) < 4.78 is 5.81. The first kappa shape index (κ1) is 11.2. The lowest BCUT2D eigenvalue weighted by molar-refractivity contribution is -0.132. The van der Waals surface area contributed by atoms with Crippen molar-refractivity contribution in [3.8, 4) is 6.07 Å². The Kier molecular flexibility index (Phi) is 2.70. The zero-order valence-corrected chi connectivity index (χ0v) is 10.0. The van der Waals surface area contributed by atoms with Crippen LogP contribution in [0.1, 0.15) is 13.3 Å². The summed E-state index contributed by atoms with van der Waals surface area (Å²) in [7, 11) is -1.75. The number of nitrogens with one attached hydrogen (secondary N) is 1. The Hall–Kier alpha value is -0.863. The van der Waals surface area contributed by atoms with Crippen LogP contribution in [-0.4, -0.2) is 25.9 Å². The standard InChI is InChI=1S/C9H16N2O2Si/c1-9(13-14(2,3)4)5-7(6-10)11-8(9)12/h7H,5H2,1-4H3,(H,11,12)/t7-,9+/m0/s1. The molecule has 0 spiro atoms. The van der Waals surface area contributed by atoms with Gasteiger partial charge in [0.2, 0.25) is 0 Å². The third-order valence-electron chi connectivity index (χ3n) is 2.07. The lowest BCUT2D eigenvalue weighted by Crippen LogP contribution is -2.45. The minimum Gasteiger partial charge on any atom is -0.403 e. The fourth-order valence-corrected chi connectivity index (χ4v) is 3.21. The maximum Gasteiger partial charge on any atom is 0.251 e.